The maximum absolute atomic E-state index is 10.5. The highest BCUT2D eigenvalue weighted by atomic mass is 16.6. The number of likely N-dealkylation sites (N-methyl/N-ethyl adjacent to an activating group) is 1. The highest BCUT2D eigenvalue weighted by Crippen LogP contribution is 1.75. The first-order chi connectivity index (χ1) is 5.16. The van der Waals surface area contributed by atoms with Crippen molar-refractivity contribution in [3.8, 4) is 0 Å². The van der Waals surface area contributed by atoms with E-state index in [1.165, 1.54) is 0 Å². The van der Waals surface area contributed by atoms with Gasteiger partial charge in [0, 0.05) is 6.54 Å². The third kappa shape index (κ3) is 7.02. The largest absolute Gasteiger partial charge is 0.307 e. The average Bonchev–Trinajstić information content (AvgIpc) is 1.97. The van der Waals surface area contributed by atoms with Crippen LogP contribution in [0, 0.1) is 0 Å². The van der Waals surface area contributed by atoms with E-state index in [1.54, 1.807) is 0 Å². The van der Waals surface area contributed by atoms with Gasteiger partial charge in [0.25, 0.3) is 5.91 Å². The second kappa shape index (κ2) is 5.88. The highest BCUT2D eigenvalue weighted by Gasteiger charge is 1.93. The van der Waals surface area contributed by atoms with Gasteiger partial charge in [0.05, 0.1) is 6.61 Å². The lowest BCUT2D eigenvalue weighted by molar-refractivity contribution is -0.128. The van der Waals surface area contributed by atoms with Crippen LogP contribution in [0.25, 0.3) is 0 Å². The molecular weight excluding hydrogens is 144 g/mol. The Bertz CT molecular complexity index is 134. The first-order valence-corrected chi connectivity index (χ1v) is 3.35. The van der Waals surface area contributed by atoms with E-state index in [9.17, 15) is 4.79 Å². The van der Waals surface area contributed by atoms with Crippen molar-refractivity contribution in [2.24, 2.45) is 0 Å². The van der Waals surface area contributed by atoms with Crippen LogP contribution in [0.15, 0.2) is 12.7 Å². The molecule has 11 heavy (non-hydrogen) atoms. The Balaban J connectivity index is 3.14. The summed E-state index contributed by atoms with van der Waals surface area (Å²) in [6.07, 6.45) is 1.16. The van der Waals surface area contributed by atoms with E-state index >= 15 is 0 Å². The van der Waals surface area contributed by atoms with Crippen molar-refractivity contribution in [3.05, 3.63) is 12.7 Å². The van der Waals surface area contributed by atoms with Gasteiger partial charge in [-0.2, -0.15) is 0 Å². The minimum absolute atomic E-state index is 0.316. The molecular formula is C7H14N2O2. The van der Waals surface area contributed by atoms with E-state index in [4.69, 9.17) is 4.84 Å². The molecule has 0 spiro atoms. The standard InChI is InChI=1S/C7H14N2O2/c1-4-7(10)8-11-6-5-9(2)3/h4H,1,5-6H2,2-3H3,(H,8,10). The van der Waals surface area contributed by atoms with Gasteiger partial charge >= 0.3 is 0 Å². The molecule has 0 bridgehead atoms. The fourth-order valence-electron chi connectivity index (χ4n) is 0.392. The Hall–Kier alpha value is -0.870. The molecule has 0 aliphatic heterocycles. The molecule has 64 valence electrons. The second-order valence-electron chi connectivity index (χ2n) is 2.32. The van der Waals surface area contributed by atoms with E-state index in [-0.39, 0.29) is 5.91 Å². The molecule has 0 heterocycles. The quantitative estimate of drug-likeness (QED) is 0.342. The summed E-state index contributed by atoms with van der Waals surface area (Å²) < 4.78 is 0. The molecule has 0 aromatic heterocycles. The summed E-state index contributed by atoms with van der Waals surface area (Å²) in [5.74, 6) is -0.316. The number of nitrogens with one attached hydrogen (secondary N) is 1. The van der Waals surface area contributed by atoms with Crippen molar-refractivity contribution in [1.29, 1.82) is 0 Å². The van der Waals surface area contributed by atoms with Crippen LogP contribution in [0.5, 0.6) is 0 Å². The Morgan fingerprint density at radius 1 is 1.73 bits per heavy atom. The number of rotatable bonds is 5. The summed E-state index contributed by atoms with van der Waals surface area (Å²) in [6, 6.07) is 0. The van der Waals surface area contributed by atoms with Gasteiger partial charge in [-0.3, -0.25) is 9.63 Å². The summed E-state index contributed by atoms with van der Waals surface area (Å²) in [5, 5.41) is 0. The lowest BCUT2D eigenvalue weighted by atomic mass is 10.6. The fourth-order valence-corrected chi connectivity index (χ4v) is 0.392. The van der Waals surface area contributed by atoms with Gasteiger partial charge in [-0.05, 0) is 20.2 Å². The molecule has 1 N–H and O–H groups in total. The number of hydroxylamine groups is 1. The van der Waals surface area contributed by atoms with Crippen molar-refractivity contribution >= 4 is 5.91 Å². The van der Waals surface area contributed by atoms with Crippen LogP contribution in [-0.4, -0.2) is 38.1 Å². The zero-order valence-corrected chi connectivity index (χ0v) is 6.96. The third-order valence-electron chi connectivity index (χ3n) is 0.999. The van der Waals surface area contributed by atoms with Gasteiger partial charge in [-0.15, -0.1) is 0 Å². The van der Waals surface area contributed by atoms with E-state index < -0.39 is 0 Å². The lowest BCUT2D eigenvalue weighted by Gasteiger charge is -2.08. The van der Waals surface area contributed by atoms with Crippen molar-refractivity contribution in [2.75, 3.05) is 27.2 Å². The van der Waals surface area contributed by atoms with E-state index in [0.717, 1.165) is 12.6 Å². The predicted molar refractivity (Wildman–Crippen MR) is 42.8 cm³/mol. The molecule has 0 fully saturated rings. The van der Waals surface area contributed by atoms with Crippen molar-refractivity contribution in [2.45, 2.75) is 0 Å². The summed E-state index contributed by atoms with van der Waals surface area (Å²) in [6.45, 7) is 4.53. The number of hydrogen-bond donors (Lipinski definition) is 1. The van der Waals surface area contributed by atoms with Crippen LogP contribution in [0.4, 0.5) is 0 Å². The lowest BCUT2D eigenvalue weighted by Crippen LogP contribution is -2.26. The second-order valence-corrected chi connectivity index (χ2v) is 2.32. The van der Waals surface area contributed by atoms with Gasteiger partial charge in [0.1, 0.15) is 0 Å². The molecule has 0 aromatic carbocycles. The van der Waals surface area contributed by atoms with Gasteiger partial charge < -0.3 is 4.90 Å². The van der Waals surface area contributed by atoms with E-state index in [2.05, 4.69) is 12.1 Å². The normalized spacial score (nSPS) is 9.73. The number of nitrogens with zero attached hydrogens (tertiary/aromatic N) is 1. The van der Waals surface area contributed by atoms with Gasteiger partial charge in [-0.1, -0.05) is 6.58 Å². The summed E-state index contributed by atoms with van der Waals surface area (Å²) in [7, 11) is 3.86. The first kappa shape index (κ1) is 10.1. The maximum atomic E-state index is 10.5. The monoisotopic (exact) mass is 158 g/mol. The Labute approximate surface area is 66.8 Å². The number of carbonyl (C=O) groups excluding carboxylic acids is 1. The van der Waals surface area contributed by atoms with Crippen LogP contribution < -0.4 is 5.48 Å². The summed E-state index contributed by atoms with van der Waals surface area (Å²) in [4.78, 5) is 17.2. The zero-order valence-electron chi connectivity index (χ0n) is 6.96. The minimum Gasteiger partial charge on any atom is -0.307 e. The third-order valence-corrected chi connectivity index (χ3v) is 0.999. The molecule has 0 rings (SSSR count). The summed E-state index contributed by atoms with van der Waals surface area (Å²) in [5.41, 5.74) is 2.20. The maximum Gasteiger partial charge on any atom is 0.266 e. The van der Waals surface area contributed by atoms with Crippen molar-refractivity contribution < 1.29 is 9.63 Å². The first-order valence-electron chi connectivity index (χ1n) is 3.35. The summed E-state index contributed by atoms with van der Waals surface area (Å²) >= 11 is 0. The molecule has 4 nitrogen and oxygen atoms in total. The minimum atomic E-state index is -0.316. The molecule has 0 saturated carbocycles. The van der Waals surface area contributed by atoms with Crippen LogP contribution in [-0.2, 0) is 9.63 Å². The number of amides is 1. The van der Waals surface area contributed by atoms with Gasteiger partial charge in [-0.25, -0.2) is 5.48 Å². The van der Waals surface area contributed by atoms with Gasteiger partial charge in [0.2, 0.25) is 0 Å². The van der Waals surface area contributed by atoms with Crippen molar-refractivity contribution in [3.63, 3.8) is 0 Å². The van der Waals surface area contributed by atoms with E-state index in [1.807, 2.05) is 19.0 Å². The topological polar surface area (TPSA) is 41.6 Å². The fraction of sp³-hybridized carbons (Fsp3) is 0.571. The van der Waals surface area contributed by atoms with E-state index in [0.29, 0.717) is 6.61 Å². The molecule has 0 aliphatic carbocycles. The average molecular weight is 158 g/mol. The van der Waals surface area contributed by atoms with Crippen LogP contribution in [0.1, 0.15) is 0 Å². The zero-order chi connectivity index (χ0) is 8.69. The van der Waals surface area contributed by atoms with Crippen LogP contribution in [0.3, 0.4) is 0 Å². The van der Waals surface area contributed by atoms with Crippen molar-refractivity contribution in [1.82, 2.24) is 10.4 Å². The molecule has 0 unspecified atom stereocenters. The molecule has 4 heteroatoms. The SMILES string of the molecule is C=CC(=O)NOCCN(C)C. The Morgan fingerprint density at radius 3 is 2.82 bits per heavy atom. The molecule has 1 amide bonds. The molecule has 0 saturated heterocycles. The molecule has 0 atom stereocenters. The smallest absolute Gasteiger partial charge is 0.266 e. The highest BCUT2D eigenvalue weighted by molar-refractivity contribution is 5.85. The number of carbonyl (C=O) groups is 1. The van der Waals surface area contributed by atoms with Gasteiger partial charge in [0.15, 0.2) is 0 Å². The Kier molecular flexibility index (Phi) is 5.42. The number of hydrogen-bond acceptors (Lipinski definition) is 3. The Morgan fingerprint density at radius 2 is 2.36 bits per heavy atom. The van der Waals surface area contributed by atoms with Crippen LogP contribution in [0.2, 0.25) is 0 Å². The molecule has 0 aliphatic rings. The molecule has 0 radical (unpaired) electrons. The van der Waals surface area contributed by atoms with Crippen LogP contribution >= 0.6 is 0 Å². The predicted octanol–water partition coefficient (Wildman–Crippen LogP) is -0.218. The molecule has 0 aromatic rings.